The van der Waals surface area contributed by atoms with Gasteiger partial charge in [-0.2, -0.15) is 5.01 Å². The van der Waals surface area contributed by atoms with Gasteiger partial charge in [0, 0.05) is 12.4 Å². The van der Waals surface area contributed by atoms with Gasteiger partial charge in [0.15, 0.2) is 12.0 Å². The molecule has 0 aliphatic carbocycles. The summed E-state index contributed by atoms with van der Waals surface area (Å²) in [6, 6.07) is -0.946. The van der Waals surface area contributed by atoms with E-state index in [0.717, 1.165) is 4.90 Å². The lowest BCUT2D eigenvalue weighted by Gasteiger charge is -2.49. The molecule has 1 saturated heterocycles. The van der Waals surface area contributed by atoms with Crippen molar-refractivity contribution < 1.29 is 29.6 Å². The van der Waals surface area contributed by atoms with Gasteiger partial charge in [0.25, 0.3) is 0 Å². The Morgan fingerprint density at radius 2 is 2.04 bits per heavy atom. The number of aliphatic hydroxyl groups excluding tert-OH is 2. The summed E-state index contributed by atoms with van der Waals surface area (Å²) in [5.41, 5.74) is -2.27. The van der Waals surface area contributed by atoms with Crippen molar-refractivity contribution in [3.8, 4) is 0 Å². The molecule has 27 heavy (non-hydrogen) atoms. The van der Waals surface area contributed by atoms with Gasteiger partial charge in [0.05, 0.1) is 17.9 Å². The van der Waals surface area contributed by atoms with Gasteiger partial charge < -0.3 is 24.8 Å². The number of halogens is 1. The van der Waals surface area contributed by atoms with E-state index in [1.807, 2.05) is 6.92 Å². The molecule has 1 unspecified atom stereocenters. The minimum absolute atomic E-state index is 0.0202. The van der Waals surface area contributed by atoms with Gasteiger partial charge in [-0.05, 0) is 19.3 Å². The number of nitrogens with zero attached hydrogens (tertiary/aromatic N) is 3. The first-order valence-corrected chi connectivity index (χ1v) is 9.49. The summed E-state index contributed by atoms with van der Waals surface area (Å²) < 4.78 is 10.9. The zero-order chi connectivity index (χ0) is 20.8. The highest BCUT2D eigenvalue weighted by atomic mass is 35.5. The first-order valence-electron chi connectivity index (χ1n) is 8.96. The molecule has 0 spiro atoms. The van der Waals surface area contributed by atoms with Crippen LogP contribution in [0.1, 0.15) is 34.1 Å². The van der Waals surface area contributed by atoms with Gasteiger partial charge in [-0.15, -0.1) is 16.5 Å². The van der Waals surface area contributed by atoms with Gasteiger partial charge in [-0.3, -0.25) is 4.90 Å². The quantitative estimate of drug-likeness (QED) is 0.222. The number of ether oxygens (including phenoxy) is 2. The second kappa shape index (κ2) is 10.5. The molecule has 10 nitrogen and oxygen atoms in total. The minimum Gasteiger partial charge on any atom is -0.385 e. The van der Waals surface area contributed by atoms with E-state index in [2.05, 4.69) is 5.29 Å². The van der Waals surface area contributed by atoms with Crippen molar-refractivity contribution >= 4 is 17.6 Å². The molecule has 1 aliphatic heterocycles. The standard InChI is InChI=1S/C16H30ClN3O7/c1-5-11(4)27-14-12(21)13(22)16(24,9-26-14)19(8-10(2)3)15(23)20(18-25)7-6-17/h10-14,21-22,24H,5-9H2,1-4H3/t11?,12-,13-,14+,16-/m1/s1. The average molecular weight is 412 g/mol. The summed E-state index contributed by atoms with van der Waals surface area (Å²) in [5.74, 6) is -0.168. The summed E-state index contributed by atoms with van der Waals surface area (Å²) in [7, 11) is 0. The Kier molecular flexibility index (Phi) is 9.32. The molecular weight excluding hydrogens is 382 g/mol. The maximum absolute atomic E-state index is 12.7. The number of aliphatic hydroxyl groups is 3. The summed E-state index contributed by atoms with van der Waals surface area (Å²) >= 11 is 5.58. The lowest BCUT2D eigenvalue weighted by Crippen LogP contribution is -2.71. The number of carbonyl (C=O) groups excluding carboxylic acids is 1. The molecule has 1 fully saturated rings. The molecule has 11 heteroatoms. The zero-order valence-corrected chi connectivity index (χ0v) is 16.9. The van der Waals surface area contributed by atoms with Gasteiger partial charge in [0.1, 0.15) is 18.8 Å². The van der Waals surface area contributed by atoms with E-state index < -0.39 is 36.9 Å². The number of rotatable bonds is 9. The number of hydrogen-bond donors (Lipinski definition) is 3. The number of carbonyl (C=O) groups is 1. The van der Waals surface area contributed by atoms with Crippen molar-refractivity contribution in [1.82, 2.24) is 9.91 Å². The molecule has 158 valence electrons. The van der Waals surface area contributed by atoms with Crippen molar-refractivity contribution in [2.45, 2.75) is 64.4 Å². The SMILES string of the molecule is CCC(C)O[C@@H]1OC[C@](O)(N(CC(C)C)C(=O)N(CCCl)N=O)[C@H](O)[C@H]1O. The average Bonchev–Trinajstić information content (AvgIpc) is 2.63. The van der Waals surface area contributed by atoms with Crippen LogP contribution < -0.4 is 0 Å². The maximum Gasteiger partial charge on any atom is 0.345 e. The van der Waals surface area contributed by atoms with Crippen molar-refractivity contribution in [1.29, 1.82) is 0 Å². The molecule has 0 bridgehead atoms. The van der Waals surface area contributed by atoms with Crippen LogP contribution in [0.25, 0.3) is 0 Å². The molecule has 0 aromatic heterocycles. The molecule has 2 amide bonds. The van der Waals surface area contributed by atoms with Gasteiger partial charge in [0.2, 0.25) is 0 Å². The van der Waals surface area contributed by atoms with E-state index in [4.69, 9.17) is 21.1 Å². The highest BCUT2D eigenvalue weighted by Gasteiger charge is 2.55. The lowest BCUT2D eigenvalue weighted by atomic mass is 9.96. The van der Waals surface area contributed by atoms with Gasteiger partial charge in [-0.1, -0.05) is 20.8 Å². The Labute approximate surface area is 163 Å². The fraction of sp³-hybridized carbons (Fsp3) is 0.938. The Hall–Kier alpha value is -1.04. The summed E-state index contributed by atoms with van der Waals surface area (Å²) in [4.78, 5) is 24.6. The normalized spacial score (nSPS) is 29.4. The molecule has 3 N–H and O–H groups in total. The highest BCUT2D eigenvalue weighted by molar-refractivity contribution is 6.18. The van der Waals surface area contributed by atoms with Crippen molar-refractivity contribution in [3.63, 3.8) is 0 Å². The number of nitroso groups, excluding NO2 is 1. The van der Waals surface area contributed by atoms with Crippen LogP contribution in [0.4, 0.5) is 4.79 Å². The third-order valence-electron chi connectivity index (χ3n) is 4.34. The van der Waals surface area contributed by atoms with Crippen LogP contribution in [-0.2, 0) is 9.47 Å². The van der Waals surface area contributed by atoms with E-state index >= 15 is 0 Å². The van der Waals surface area contributed by atoms with E-state index in [9.17, 15) is 25.0 Å². The Morgan fingerprint density at radius 1 is 1.41 bits per heavy atom. The number of alkyl halides is 1. The molecule has 5 atom stereocenters. The van der Waals surface area contributed by atoms with E-state index in [1.54, 1.807) is 20.8 Å². The molecule has 0 aromatic rings. The number of urea groups is 1. The highest BCUT2D eigenvalue weighted by Crippen LogP contribution is 2.31. The third kappa shape index (κ3) is 5.72. The third-order valence-corrected chi connectivity index (χ3v) is 4.51. The maximum atomic E-state index is 12.7. The van der Waals surface area contributed by atoms with Crippen LogP contribution >= 0.6 is 11.6 Å². The first-order chi connectivity index (χ1) is 12.6. The van der Waals surface area contributed by atoms with Crippen LogP contribution in [0.5, 0.6) is 0 Å². The van der Waals surface area contributed by atoms with Crippen LogP contribution in [0, 0.1) is 10.8 Å². The Bertz CT molecular complexity index is 499. The molecule has 0 aromatic carbocycles. The molecule has 0 saturated carbocycles. The van der Waals surface area contributed by atoms with E-state index in [1.165, 1.54) is 0 Å². The number of amides is 2. The first kappa shape index (κ1) is 24.0. The summed E-state index contributed by atoms with van der Waals surface area (Å²) in [6.45, 7) is 6.52. The molecule has 1 rings (SSSR count). The topological polar surface area (TPSA) is 132 Å². The number of hydrogen-bond acceptors (Lipinski definition) is 8. The van der Waals surface area contributed by atoms with Crippen LogP contribution in [0.2, 0.25) is 0 Å². The molecule has 1 aliphatic rings. The Balaban J connectivity index is 3.10. The van der Waals surface area contributed by atoms with E-state index in [0.29, 0.717) is 11.4 Å². The van der Waals surface area contributed by atoms with Crippen molar-refractivity contribution in [2.75, 3.05) is 25.6 Å². The van der Waals surface area contributed by atoms with Gasteiger partial charge >= 0.3 is 6.03 Å². The monoisotopic (exact) mass is 411 g/mol. The van der Waals surface area contributed by atoms with Crippen LogP contribution in [0.15, 0.2) is 5.29 Å². The second-order valence-corrected chi connectivity index (χ2v) is 7.41. The minimum atomic E-state index is -2.27. The lowest BCUT2D eigenvalue weighted by molar-refractivity contribution is -0.332. The second-order valence-electron chi connectivity index (χ2n) is 7.03. The van der Waals surface area contributed by atoms with Crippen molar-refractivity contribution in [2.24, 2.45) is 11.2 Å². The summed E-state index contributed by atoms with van der Waals surface area (Å²) in [5, 5.41) is 35.1. The van der Waals surface area contributed by atoms with Crippen LogP contribution in [-0.4, -0.2) is 87.2 Å². The molecule has 0 radical (unpaired) electrons. The summed E-state index contributed by atoms with van der Waals surface area (Å²) in [6.07, 6.45) is -4.13. The zero-order valence-electron chi connectivity index (χ0n) is 16.1. The Morgan fingerprint density at radius 3 is 2.52 bits per heavy atom. The fourth-order valence-electron chi connectivity index (χ4n) is 2.65. The predicted octanol–water partition coefficient (Wildman–Crippen LogP) is 0.868. The molecular formula is C16H30ClN3O7. The smallest absolute Gasteiger partial charge is 0.345 e. The van der Waals surface area contributed by atoms with Gasteiger partial charge in [-0.25, -0.2) is 4.79 Å². The predicted molar refractivity (Wildman–Crippen MR) is 97.7 cm³/mol. The van der Waals surface area contributed by atoms with Crippen LogP contribution in [0.3, 0.4) is 0 Å². The van der Waals surface area contributed by atoms with Crippen molar-refractivity contribution in [3.05, 3.63) is 4.91 Å². The fourth-order valence-corrected chi connectivity index (χ4v) is 2.81. The van der Waals surface area contributed by atoms with E-state index in [-0.39, 0.29) is 31.0 Å². The largest absolute Gasteiger partial charge is 0.385 e. The molecule has 1 heterocycles.